The molecule has 1 atom stereocenters. The van der Waals surface area contributed by atoms with Crippen LogP contribution < -0.4 is 5.32 Å². The van der Waals surface area contributed by atoms with Crippen LogP contribution in [0.15, 0.2) is 24.3 Å². The molecule has 0 aliphatic carbocycles. The summed E-state index contributed by atoms with van der Waals surface area (Å²) in [5.74, 6) is -0.0582. The summed E-state index contributed by atoms with van der Waals surface area (Å²) in [5.41, 5.74) is 1.09. The lowest BCUT2D eigenvalue weighted by molar-refractivity contribution is -0.118. The highest BCUT2D eigenvalue weighted by Crippen LogP contribution is 2.14. The molecule has 1 fully saturated rings. The zero-order chi connectivity index (χ0) is 15.2. The zero-order valence-corrected chi connectivity index (χ0v) is 12.7. The molecule has 1 aromatic carbocycles. The van der Waals surface area contributed by atoms with Gasteiger partial charge in [0, 0.05) is 25.7 Å². The summed E-state index contributed by atoms with van der Waals surface area (Å²) in [6.45, 7) is 5.36. The maximum atomic E-state index is 12.1. The van der Waals surface area contributed by atoms with E-state index in [-0.39, 0.29) is 5.91 Å². The number of nitrogens with zero attached hydrogens (tertiary/aromatic N) is 3. The van der Waals surface area contributed by atoms with Crippen LogP contribution in [0.2, 0.25) is 0 Å². The second-order valence-electron chi connectivity index (χ2n) is 5.48. The van der Waals surface area contributed by atoms with Gasteiger partial charge in [-0.05, 0) is 25.6 Å². The number of hydrogen-bond donors (Lipinski definition) is 1. The van der Waals surface area contributed by atoms with Crippen molar-refractivity contribution >= 4 is 11.6 Å². The van der Waals surface area contributed by atoms with Crippen molar-refractivity contribution in [1.82, 2.24) is 9.80 Å². The van der Waals surface area contributed by atoms with Gasteiger partial charge in [-0.2, -0.15) is 5.26 Å². The molecule has 1 saturated heterocycles. The number of nitriles is 1. The molecule has 1 amide bonds. The van der Waals surface area contributed by atoms with Gasteiger partial charge in [-0.1, -0.05) is 19.1 Å². The summed E-state index contributed by atoms with van der Waals surface area (Å²) < 4.78 is 0. The number of carbonyl (C=O) groups excluding carboxylic acids is 1. The monoisotopic (exact) mass is 286 g/mol. The second kappa shape index (κ2) is 7.21. The molecule has 1 aromatic rings. The summed E-state index contributed by atoms with van der Waals surface area (Å²) in [5, 5.41) is 11.9. The standard InChI is InChI=1S/C16H22N4O/c1-3-14-11-20(9-8-19(14)2)12-16(21)18-15-7-5-4-6-13(15)10-17/h4-7,14H,3,8-9,11-12H2,1-2H3,(H,18,21). The van der Waals surface area contributed by atoms with Gasteiger partial charge >= 0.3 is 0 Å². The lowest BCUT2D eigenvalue weighted by Crippen LogP contribution is -2.52. The molecule has 0 radical (unpaired) electrons. The number of hydrogen-bond acceptors (Lipinski definition) is 4. The van der Waals surface area contributed by atoms with Crippen LogP contribution in [-0.2, 0) is 4.79 Å². The van der Waals surface area contributed by atoms with Gasteiger partial charge in [0.1, 0.15) is 6.07 Å². The van der Waals surface area contributed by atoms with Crippen molar-refractivity contribution in [2.24, 2.45) is 0 Å². The van der Waals surface area contributed by atoms with Gasteiger partial charge < -0.3 is 10.2 Å². The minimum Gasteiger partial charge on any atom is -0.324 e. The van der Waals surface area contributed by atoms with Gasteiger partial charge in [-0.25, -0.2) is 0 Å². The summed E-state index contributed by atoms with van der Waals surface area (Å²) in [4.78, 5) is 16.7. The van der Waals surface area contributed by atoms with Crippen LogP contribution in [0.25, 0.3) is 0 Å². The van der Waals surface area contributed by atoms with E-state index in [9.17, 15) is 4.79 Å². The van der Waals surface area contributed by atoms with E-state index in [4.69, 9.17) is 5.26 Å². The Morgan fingerprint density at radius 3 is 2.90 bits per heavy atom. The molecular weight excluding hydrogens is 264 g/mol. The third-order valence-corrected chi connectivity index (χ3v) is 4.02. The third-order valence-electron chi connectivity index (χ3n) is 4.02. The zero-order valence-electron chi connectivity index (χ0n) is 12.7. The summed E-state index contributed by atoms with van der Waals surface area (Å²) in [7, 11) is 2.13. The molecule has 0 aromatic heterocycles. The Kier molecular flexibility index (Phi) is 5.32. The van der Waals surface area contributed by atoms with Crippen LogP contribution >= 0.6 is 0 Å². The minimum absolute atomic E-state index is 0.0582. The largest absolute Gasteiger partial charge is 0.324 e. The first kappa shape index (κ1) is 15.5. The molecule has 5 nitrogen and oxygen atoms in total. The Hall–Kier alpha value is -1.90. The topological polar surface area (TPSA) is 59.4 Å². The Labute approximate surface area is 126 Å². The Morgan fingerprint density at radius 2 is 2.19 bits per heavy atom. The van der Waals surface area contributed by atoms with Gasteiger partial charge in [0.2, 0.25) is 5.91 Å². The number of nitrogens with one attached hydrogen (secondary N) is 1. The van der Waals surface area contributed by atoms with Crippen LogP contribution in [0.3, 0.4) is 0 Å². The minimum atomic E-state index is -0.0582. The Balaban J connectivity index is 1.92. The highest BCUT2D eigenvalue weighted by atomic mass is 16.2. The first-order valence-corrected chi connectivity index (χ1v) is 7.35. The maximum Gasteiger partial charge on any atom is 0.238 e. The van der Waals surface area contributed by atoms with Crippen molar-refractivity contribution in [3.05, 3.63) is 29.8 Å². The van der Waals surface area contributed by atoms with Crippen molar-refractivity contribution in [2.75, 3.05) is 38.5 Å². The molecule has 21 heavy (non-hydrogen) atoms. The van der Waals surface area contributed by atoms with Crippen molar-refractivity contribution in [3.8, 4) is 6.07 Å². The van der Waals surface area contributed by atoms with Gasteiger partial charge in [0.25, 0.3) is 0 Å². The fraction of sp³-hybridized carbons (Fsp3) is 0.500. The number of benzene rings is 1. The molecule has 1 heterocycles. The van der Waals surface area contributed by atoms with Crippen molar-refractivity contribution in [1.29, 1.82) is 5.26 Å². The number of rotatable bonds is 4. The number of carbonyl (C=O) groups is 1. The number of para-hydroxylation sites is 1. The first-order valence-electron chi connectivity index (χ1n) is 7.35. The number of likely N-dealkylation sites (N-methyl/N-ethyl adjacent to an activating group) is 1. The second-order valence-corrected chi connectivity index (χ2v) is 5.48. The summed E-state index contributed by atoms with van der Waals surface area (Å²) >= 11 is 0. The SMILES string of the molecule is CCC1CN(CC(=O)Nc2ccccc2C#N)CCN1C. The molecule has 5 heteroatoms. The van der Waals surface area contributed by atoms with E-state index >= 15 is 0 Å². The molecule has 1 aliphatic heterocycles. The molecule has 0 bridgehead atoms. The molecule has 0 saturated carbocycles. The molecule has 112 valence electrons. The van der Waals surface area contributed by atoms with Crippen LogP contribution in [0, 0.1) is 11.3 Å². The molecule has 1 N–H and O–H groups in total. The average molecular weight is 286 g/mol. The quantitative estimate of drug-likeness (QED) is 0.912. The molecule has 1 unspecified atom stereocenters. The van der Waals surface area contributed by atoms with E-state index < -0.39 is 0 Å². The lowest BCUT2D eigenvalue weighted by Gasteiger charge is -2.38. The van der Waals surface area contributed by atoms with Crippen molar-refractivity contribution in [3.63, 3.8) is 0 Å². The average Bonchev–Trinajstić information content (AvgIpc) is 2.49. The predicted molar refractivity (Wildman–Crippen MR) is 82.9 cm³/mol. The normalized spacial score (nSPS) is 20.0. The van der Waals surface area contributed by atoms with Gasteiger partial charge in [0.15, 0.2) is 0 Å². The highest BCUT2D eigenvalue weighted by Gasteiger charge is 2.24. The van der Waals surface area contributed by atoms with Crippen LogP contribution in [-0.4, -0.2) is 55.0 Å². The predicted octanol–water partition coefficient (Wildman–Crippen LogP) is 1.52. The van der Waals surface area contributed by atoms with Crippen LogP contribution in [0.1, 0.15) is 18.9 Å². The molecule has 1 aliphatic rings. The lowest BCUT2D eigenvalue weighted by atomic mass is 10.1. The summed E-state index contributed by atoms with van der Waals surface area (Å²) in [6, 6.07) is 9.68. The smallest absolute Gasteiger partial charge is 0.238 e. The maximum absolute atomic E-state index is 12.1. The van der Waals surface area contributed by atoms with Crippen LogP contribution in [0.5, 0.6) is 0 Å². The number of amides is 1. The van der Waals surface area contributed by atoms with E-state index in [0.717, 1.165) is 26.1 Å². The summed E-state index contributed by atoms with van der Waals surface area (Å²) in [6.07, 6.45) is 1.09. The van der Waals surface area contributed by atoms with E-state index in [0.29, 0.717) is 23.8 Å². The van der Waals surface area contributed by atoms with Gasteiger partial charge in [0.05, 0.1) is 17.8 Å². The van der Waals surface area contributed by atoms with Crippen molar-refractivity contribution in [2.45, 2.75) is 19.4 Å². The first-order chi connectivity index (χ1) is 10.1. The van der Waals surface area contributed by atoms with E-state index in [1.807, 2.05) is 6.07 Å². The van der Waals surface area contributed by atoms with Crippen LogP contribution in [0.4, 0.5) is 5.69 Å². The Bertz CT molecular complexity index is 537. The fourth-order valence-electron chi connectivity index (χ4n) is 2.68. The van der Waals surface area contributed by atoms with E-state index in [2.05, 4.69) is 35.2 Å². The fourth-order valence-corrected chi connectivity index (χ4v) is 2.68. The number of piperazine rings is 1. The number of anilines is 1. The van der Waals surface area contributed by atoms with Gasteiger partial charge in [-0.3, -0.25) is 9.69 Å². The highest BCUT2D eigenvalue weighted by molar-refractivity contribution is 5.93. The molecular formula is C16H22N4O. The third kappa shape index (κ3) is 4.03. The van der Waals surface area contributed by atoms with E-state index in [1.54, 1.807) is 18.2 Å². The molecule has 0 spiro atoms. The molecule has 2 rings (SSSR count). The van der Waals surface area contributed by atoms with Gasteiger partial charge in [-0.15, -0.1) is 0 Å². The van der Waals surface area contributed by atoms with Crippen molar-refractivity contribution < 1.29 is 4.79 Å². The van der Waals surface area contributed by atoms with E-state index in [1.165, 1.54) is 0 Å². The Morgan fingerprint density at radius 1 is 1.43 bits per heavy atom.